The van der Waals surface area contributed by atoms with E-state index in [-0.39, 0.29) is 37.6 Å². The Hall–Kier alpha value is -3.85. The van der Waals surface area contributed by atoms with Crippen molar-refractivity contribution in [2.75, 3.05) is 26.3 Å². The van der Waals surface area contributed by atoms with E-state index < -0.39 is 62.0 Å². The molecule has 0 aromatic heterocycles. The zero-order chi connectivity index (χ0) is 37.0. The molecule has 2 aliphatic carbocycles. The molecular formula is C38H49N5O8S. The molecule has 0 radical (unpaired) electrons. The second-order valence-corrected chi connectivity index (χ2v) is 18.0. The average Bonchev–Trinajstić information content (AvgIpc) is 3.97. The summed E-state index contributed by atoms with van der Waals surface area (Å²) < 4.78 is 38.5. The normalized spacial score (nSPS) is 27.9. The lowest BCUT2D eigenvalue weighted by Gasteiger charge is -2.36. The monoisotopic (exact) mass is 735 g/mol. The quantitative estimate of drug-likeness (QED) is 0.218. The topological polar surface area (TPSA) is 163 Å². The van der Waals surface area contributed by atoms with E-state index in [1.54, 1.807) is 11.0 Å². The number of amides is 3. The van der Waals surface area contributed by atoms with Crippen LogP contribution < -0.4 is 15.4 Å². The number of likely N-dealkylation sites (tertiary alicyclic amines) is 1. The lowest BCUT2D eigenvalue weighted by Crippen LogP contribution is -2.60. The predicted octanol–water partition coefficient (Wildman–Crippen LogP) is 2.13. The summed E-state index contributed by atoms with van der Waals surface area (Å²) in [5.74, 6) is -2.63. The van der Waals surface area contributed by atoms with Crippen LogP contribution in [0, 0.1) is 11.3 Å². The van der Waals surface area contributed by atoms with Gasteiger partial charge in [-0.05, 0) is 53.0 Å². The van der Waals surface area contributed by atoms with Crippen LogP contribution in [0.3, 0.4) is 0 Å². The SMILES string of the molecule is C=C[C@@H]1C[C@]1(NC(=O)[C@@H]1C[C@@H](N2Cc3cccc4cccc(c34)C2)CN1C(=O)[C@@H](NCC(=O)OC1CCOC1)C(C)(C)C)C(=O)NS(=O)(=O)C1CC1. The Morgan fingerprint density at radius 1 is 1.08 bits per heavy atom. The molecule has 4 fully saturated rings. The maximum absolute atomic E-state index is 14.7. The average molecular weight is 736 g/mol. The van der Waals surface area contributed by atoms with Gasteiger partial charge in [0.25, 0.3) is 5.91 Å². The van der Waals surface area contributed by atoms with Crippen LogP contribution in [0.1, 0.15) is 64.0 Å². The van der Waals surface area contributed by atoms with E-state index in [0.29, 0.717) is 52.0 Å². The Balaban J connectivity index is 1.14. The highest BCUT2D eigenvalue weighted by molar-refractivity contribution is 7.91. The lowest BCUT2D eigenvalue weighted by atomic mass is 9.85. The molecule has 6 atom stereocenters. The molecule has 3 heterocycles. The second kappa shape index (κ2) is 13.9. The largest absolute Gasteiger partial charge is 0.459 e. The molecule has 0 spiro atoms. The summed E-state index contributed by atoms with van der Waals surface area (Å²) in [7, 11) is -3.86. The Kier molecular flexibility index (Phi) is 9.72. The van der Waals surface area contributed by atoms with Gasteiger partial charge in [0.1, 0.15) is 17.7 Å². The number of carbonyl (C=O) groups is 4. The summed E-state index contributed by atoms with van der Waals surface area (Å²) in [5.41, 5.74) is 0.201. The third-order valence-electron chi connectivity index (χ3n) is 11.2. The third-order valence-corrected chi connectivity index (χ3v) is 13.0. The van der Waals surface area contributed by atoms with Crippen molar-refractivity contribution in [2.24, 2.45) is 11.3 Å². The molecule has 2 saturated carbocycles. The van der Waals surface area contributed by atoms with Gasteiger partial charge in [-0.25, -0.2) is 8.42 Å². The highest BCUT2D eigenvalue weighted by Crippen LogP contribution is 2.46. The number of benzene rings is 2. The summed E-state index contributed by atoms with van der Waals surface area (Å²) >= 11 is 0. The molecule has 2 saturated heterocycles. The molecule has 13 nitrogen and oxygen atoms in total. The maximum atomic E-state index is 14.7. The summed E-state index contributed by atoms with van der Waals surface area (Å²) in [4.78, 5) is 59.3. The molecule has 5 aliphatic rings. The molecule has 14 heteroatoms. The summed E-state index contributed by atoms with van der Waals surface area (Å²) in [6, 6.07) is 10.5. The van der Waals surface area contributed by atoms with Gasteiger partial charge in [0, 0.05) is 38.0 Å². The number of rotatable bonds is 12. The van der Waals surface area contributed by atoms with Crippen LogP contribution in [-0.2, 0) is 51.8 Å². The fourth-order valence-electron chi connectivity index (χ4n) is 8.06. The standard InChI is InChI=1S/C38H49N5O8S/c1-5-26-17-38(26,36(47)41-52(48,49)29-12-13-29)40-34(45)30-16-27(42-19-24-10-6-8-23-9-7-11-25(20-42)32(23)24)21-43(30)35(46)33(37(2,3)4)39-18-31(44)51-28-14-15-50-22-28/h5-11,26-30,33,39H,1,12-22H2,2-4H3,(H,40,45)(H,41,47)/t26-,27-,28?,30+,33-,38-/m1/s1. The number of hydrogen-bond acceptors (Lipinski definition) is 10. The molecule has 2 aromatic carbocycles. The van der Waals surface area contributed by atoms with Crippen LogP contribution in [0.15, 0.2) is 49.1 Å². The Morgan fingerprint density at radius 3 is 2.35 bits per heavy atom. The first-order chi connectivity index (χ1) is 24.7. The molecule has 3 N–H and O–H groups in total. The van der Waals surface area contributed by atoms with E-state index in [9.17, 15) is 27.6 Å². The van der Waals surface area contributed by atoms with Crippen LogP contribution in [0.5, 0.6) is 0 Å². The van der Waals surface area contributed by atoms with Gasteiger partial charge in [0.15, 0.2) is 0 Å². The second-order valence-electron chi connectivity index (χ2n) is 16.1. The van der Waals surface area contributed by atoms with Crippen LogP contribution in [0.2, 0.25) is 0 Å². The van der Waals surface area contributed by atoms with Gasteiger partial charge in [0.2, 0.25) is 21.8 Å². The van der Waals surface area contributed by atoms with Crippen LogP contribution >= 0.6 is 0 Å². The van der Waals surface area contributed by atoms with Gasteiger partial charge in [-0.3, -0.25) is 34.1 Å². The van der Waals surface area contributed by atoms with E-state index in [1.165, 1.54) is 21.9 Å². The van der Waals surface area contributed by atoms with E-state index >= 15 is 0 Å². The Morgan fingerprint density at radius 2 is 1.77 bits per heavy atom. The lowest BCUT2D eigenvalue weighted by molar-refractivity contribution is -0.149. The van der Waals surface area contributed by atoms with Crippen LogP contribution in [-0.4, -0.2) is 103 Å². The molecule has 3 amide bonds. The Bertz CT molecular complexity index is 1840. The van der Waals surface area contributed by atoms with E-state index in [2.05, 4.69) is 51.1 Å². The molecular weight excluding hydrogens is 687 g/mol. The van der Waals surface area contributed by atoms with Crippen LogP contribution in [0.25, 0.3) is 10.8 Å². The minimum atomic E-state index is -3.86. The minimum Gasteiger partial charge on any atom is -0.459 e. The summed E-state index contributed by atoms with van der Waals surface area (Å²) in [6.45, 7) is 11.7. The molecule has 52 heavy (non-hydrogen) atoms. The highest BCUT2D eigenvalue weighted by atomic mass is 32.2. The number of carbonyl (C=O) groups excluding carboxylic acids is 4. The zero-order valence-corrected chi connectivity index (χ0v) is 30.9. The fourth-order valence-corrected chi connectivity index (χ4v) is 9.42. The summed E-state index contributed by atoms with van der Waals surface area (Å²) in [5, 5.41) is 7.81. The van der Waals surface area contributed by atoms with Gasteiger partial charge in [0.05, 0.1) is 31.1 Å². The van der Waals surface area contributed by atoms with Crippen molar-refractivity contribution >= 4 is 44.5 Å². The fraction of sp³-hybridized carbons (Fsp3) is 0.579. The van der Waals surface area contributed by atoms with Crippen molar-refractivity contribution in [3.63, 3.8) is 0 Å². The maximum Gasteiger partial charge on any atom is 0.320 e. The molecule has 3 aliphatic heterocycles. The van der Waals surface area contributed by atoms with Gasteiger partial charge in [-0.1, -0.05) is 63.2 Å². The van der Waals surface area contributed by atoms with E-state index in [4.69, 9.17) is 9.47 Å². The van der Waals surface area contributed by atoms with Crippen LogP contribution in [0.4, 0.5) is 0 Å². The number of nitrogens with zero attached hydrogens (tertiary/aromatic N) is 2. The summed E-state index contributed by atoms with van der Waals surface area (Å²) in [6.07, 6.45) is 3.31. The minimum absolute atomic E-state index is 0.200. The van der Waals surface area contributed by atoms with Crippen molar-refractivity contribution in [1.29, 1.82) is 0 Å². The molecule has 1 unspecified atom stereocenters. The first-order valence-electron chi connectivity index (χ1n) is 18.3. The number of sulfonamides is 1. The van der Waals surface area contributed by atoms with Gasteiger partial charge in [-0.15, -0.1) is 6.58 Å². The first-order valence-corrected chi connectivity index (χ1v) is 19.8. The number of esters is 1. The van der Waals surface area contributed by atoms with Gasteiger partial charge in [-0.2, -0.15) is 0 Å². The number of hydrogen-bond donors (Lipinski definition) is 3. The molecule has 2 aromatic rings. The molecule has 0 bridgehead atoms. The third kappa shape index (κ3) is 7.22. The van der Waals surface area contributed by atoms with Crippen molar-refractivity contribution in [3.8, 4) is 0 Å². The van der Waals surface area contributed by atoms with Crippen molar-refractivity contribution in [1.82, 2.24) is 25.2 Å². The van der Waals surface area contributed by atoms with Crippen molar-refractivity contribution < 1.29 is 37.1 Å². The zero-order valence-electron chi connectivity index (χ0n) is 30.1. The number of nitrogens with one attached hydrogen (secondary N) is 3. The Labute approximate surface area is 304 Å². The number of ether oxygens (including phenoxy) is 2. The predicted molar refractivity (Wildman–Crippen MR) is 193 cm³/mol. The molecule has 280 valence electrons. The smallest absolute Gasteiger partial charge is 0.320 e. The van der Waals surface area contributed by atoms with E-state index in [0.717, 1.165) is 0 Å². The molecule has 7 rings (SSSR count). The van der Waals surface area contributed by atoms with Crippen molar-refractivity contribution in [2.45, 2.75) is 101 Å². The van der Waals surface area contributed by atoms with Crippen molar-refractivity contribution in [3.05, 3.63) is 60.2 Å². The van der Waals surface area contributed by atoms with E-state index in [1.807, 2.05) is 32.9 Å². The van der Waals surface area contributed by atoms with Gasteiger partial charge < -0.3 is 19.7 Å². The van der Waals surface area contributed by atoms with Gasteiger partial charge >= 0.3 is 5.97 Å². The first kappa shape index (κ1) is 36.5. The highest BCUT2D eigenvalue weighted by Gasteiger charge is 2.62.